The largest absolute Gasteiger partial charge is 0.310 e. The van der Waals surface area contributed by atoms with Gasteiger partial charge in [-0.15, -0.1) is 16.3 Å². The monoisotopic (exact) mass is 328 g/mol. The SMILES string of the molecule is CN[N+](NI)(NCC1CN1)NCC1CN1. The summed E-state index contributed by atoms with van der Waals surface area (Å²) in [7, 11) is 1.91. The van der Waals surface area contributed by atoms with Gasteiger partial charge in [-0.1, -0.05) is 0 Å². The summed E-state index contributed by atoms with van der Waals surface area (Å²) in [5, 5.41) is 6.52. The summed E-state index contributed by atoms with van der Waals surface area (Å²) in [6, 6.07) is 1.22. The van der Waals surface area contributed by atoms with E-state index in [0.29, 0.717) is 17.0 Å². The minimum absolute atomic E-state index is 0.316. The number of hydrogen-bond donors (Lipinski definition) is 6. The highest BCUT2D eigenvalue weighted by molar-refractivity contribution is 14.1. The molecule has 0 spiro atoms. The first kappa shape index (κ1) is 11.9. The van der Waals surface area contributed by atoms with Crippen LogP contribution in [0, 0.1) is 0 Å². The van der Waals surface area contributed by atoms with Gasteiger partial charge < -0.3 is 10.6 Å². The fourth-order valence-electron chi connectivity index (χ4n) is 1.27. The lowest BCUT2D eigenvalue weighted by atomic mass is 10.5. The van der Waals surface area contributed by atoms with Crippen molar-refractivity contribution in [2.24, 2.45) is 0 Å². The zero-order valence-corrected chi connectivity index (χ0v) is 11.0. The van der Waals surface area contributed by atoms with Crippen LogP contribution in [0.5, 0.6) is 0 Å². The van der Waals surface area contributed by atoms with Crippen LogP contribution in [0.25, 0.3) is 0 Å². The topological polar surface area (TPSA) is 92.0 Å². The fourth-order valence-corrected chi connectivity index (χ4v) is 1.85. The van der Waals surface area contributed by atoms with E-state index in [1.807, 2.05) is 7.05 Å². The maximum Gasteiger partial charge on any atom is 0.0863 e. The third kappa shape index (κ3) is 3.75. The van der Waals surface area contributed by atoms with Crippen LogP contribution in [-0.4, -0.2) is 50.2 Å². The minimum atomic E-state index is 0.316. The first-order chi connectivity index (χ1) is 7.28. The van der Waals surface area contributed by atoms with Crippen molar-refractivity contribution in [1.82, 2.24) is 30.6 Å². The normalized spacial score (nSPS) is 32.4. The predicted molar refractivity (Wildman–Crippen MR) is 66.1 cm³/mol. The highest BCUT2D eigenvalue weighted by Gasteiger charge is 2.32. The van der Waals surface area contributed by atoms with E-state index in [4.69, 9.17) is 0 Å². The van der Waals surface area contributed by atoms with Crippen molar-refractivity contribution < 1.29 is 4.92 Å². The molecule has 2 saturated heterocycles. The summed E-state index contributed by atoms with van der Waals surface area (Å²) in [6.45, 7) is 4.09. The number of quaternary nitrogens is 1. The van der Waals surface area contributed by atoms with Crippen LogP contribution in [0.15, 0.2) is 0 Å². The Morgan fingerprint density at radius 1 is 1.20 bits per heavy atom. The molecular weight excluding hydrogens is 309 g/mol. The molecule has 6 N–H and O–H groups in total. The summed E-state index contributed by atoms with van der Waals surface area (Å²) in [5.41, 5.74) is 9.94. The molecular formula is C7H19IN7+. The van der Waals surface area contributed by atoms with Gasteiger partial charge >= 0.3 is 0 Å². The van der Waals surface area contributed by atoms with Crippen molar-refractivity contribution in [2.45, 2.75) is 12.1 Å². The standard InChI is InChI=1S/C7H19IN7/c1-9-15(14-8,12-4-6-2-10-6)13-5-7-3-11-7/h6-7,9-14H,2-5H2,1H3/q+1. The lowest BCUT2D eigenvalue weighted by molar-refractivity contribution is -1.07. The van der Waals surface area contributed by atoms with E-state index in [1.54, 1.807) is 0 Å². The summed E-state index contributed by atoms with van der Waals surface area (Å²) < 4.78 is 3.15. The molecule has 2 heterocycles. The quantitative estimate of drug-likeness (QED) is 0.0991. The van der Waals surface area contributed by atoms with Gasteiger partial charge in [-0.05, 0) is 8.56 Å². The van der Waals surface area contributed by atoms with Crippen molar-refractivity contribution in [3.63, 3.8) is 0 Å². The number of nitrogens with zero attached hydrogens (tertiary/aromatic N) is 1. The second-order valence-corrected chi connectivity index (χ2v) is 4.40. The molecule has 15 heavy (non-hydrogen) atoms. The van der Waals surface area contributed by atoms with Crippen LogP contribution in [-0.2, 0) is 0 Å². The molecule has 2 fully saturated rings. The van der Waals surface area contributed by atoms with E-state index in [1.165, 1.54) is 0 Å². The number of nitrogens with one attached hydrogen (secondary N) is 6. The van der Waals surface area contributed by atoms with Gasteiger partial charge in [0.2, 0.25) is 0 Å². The van der Waals surface area contributed by atoms with E-state index >= 15 is 0 Å². The molecule has 0 radical (unpaired) electrons. The Hall–Kier alpha value is 0.450. The van der Waals surface area contributed by atoms with Crippen LogP contribution in [0.3, 0.4) is 0 Å². The predicted octanol–water partition coefficient (Wildman–Crippen LogP) is -2.25. The first-order valence-corrected chi connectivity index (χ1v) is 6.29. The Morgan fingerprint density at radius 3 is 1.93 bits per heavy atom. The van der Waals surface area contributed by atoms with Crippen molar-refractivity contribution in [3.8, 4) is 0 Å². The highest BCUT2D eigenvalue weighted by Crippen LogP contribution is 1.99. The van der Waals surface area contributed by atoms with Crippen molar-refractivity contribution >= 4 is 22.9 Å². The van der Waals surface area contributed by atoms with Crippen LogP contribution in [0.1, 0.15) is 0 Å². The smallest absolute Gasteiger partial charge is 0.0863 e. The zero-order chi connectivity index (χ0) is 10.7. The number of hydrogen-bond acceptors (Lipinski definition) is 6. The molecule has 2 unspecified atom stereocenters. The Bertz CT molecular complexity index is 184. The van der Waals surface area contributed by atoms with E-state index in [0.717, 1.165) is 26.2 Å². The third-order valence-electron chi connectivity index (χ3n) is 2.60. The molecule has 2 rings (SSSR count). The van der Waals surface area contributed by atoms with Crippen molar-refractivity contribution in [2.75, 3.05) is 33.2 Å². The molecule has 0 aromatic carbocycles. The fraction of sp³-hybridized carbons (Fsp3) is 1.00. The summed E-state index contributed by atoms with van der Waals surface area (Å²) in [5.74, 6) is 0. The molecule has 0 aliphatic carbocycles. The molecule has 0 saturated carbocycles. The molecule has 2 atom stereocenters. The van der Waals surface area contributed by atoms with E-state index in [9.17, 15) is 0 Å². The molecule has 2 aliphatic heterocycles. The Labute approximate surface area is 104 Å². The number of halogens is 1. The van der Waals surface area contributed by atoms with Crippen LogP contribution in [0.4, 0.5) is 0 Å². The average molecular weight is 328 g/mol. The maximum absolute atomic E-state index is 3.38. The Kier molecular flexibility index (Phi) is 4.12. The first-order valence-electron chi connectivity index (χ1n) is 5.21. The lowest BCUT2D eigenvalue weighted by Gasteiger charge is -2.32. The third-order valence-corrected chi connectivity index (χ3v) is 3.32. The summed E-state index contributed by atoms with van der Waals surface area (Å²) in [4.78, 5) is 0.316. The molecule has 7 nitrogen and oxygen atoms in total. The lowest BCUT2D eigenvalue weighted by Crippen LogP contribution is -2.77. The molecule has 0 aromatic rings. The second-order valence-electron chi connectivity index (χ2n) is 3.91. The Balaban J connectivity index is 1.75. The maximum atomic E-state index is 3.38. The van der Waals surface area contributed by atoms with Gasteiger partial charge in [0.25, 0.3) is 0 Å². The minimum Gasteiger partial charge on any atom is -0.310 e. The zero-order valence-electron chi connectivity index (χ0n) is 8.81. The van der Waals surface area contributed by atoms with E-state index in [2.05, 4.69) is 53.4 Å². The van der Waals surface area contributed by atoms with Crippen molar-refractivity contribution in [1.29, 1.82) is 0 Å². The van der Waals surface area contributed by atoms with E-state index < -0.39 is 0 Å². The summed E-state index contributed by atoms with van der Waals surface area (Å²) in [6.07, 6.45) is 0. The molecule has 88 valence electrons. The van der Waals surface area contributed by atoms with Gasteiger partial charge in [-0.25, -0.2) is 0 Å². The van der Waals surface area contributed by atoms with Crippen molar-refractivity contribution in [3.05, 3.63) is 0 Å². The van der Waals surface area contributed by atoms with Gasteiger partial charge in [-0.2, -0.15) is 0 Å². The van der Waals surface area contributed by atoms with Crippen LogP contribution >= 0.6 is 22.9 Å². The van der Waals surface area contributed by atoms with Gasteiger partial charge in [0.1, 0.15) is 0 Å². The highest BCUT2D eigenvalue weighted by atomic mass is 127. The molecule has 2 aliphatic rings. The molecule has 0 amide bonds. The van der Waals surface area contributed by atoms with Crippen LogP contribution < -0.4 is 30.6 Å². The Morgan fingerprint density at radius 2 is 1.67 bits per heavy atom. The van der Waals surface area contributed by atoms with Crippen LogP contribution in [0.2, 0.25) is 0 Å². The van der Waals surface area contributed by atoms with Gasteiger partial charge in [-0.3, -0.25) is 0 Å². The average Bonchev–Trinajstić information content (AvgIpc) is 3.14. The number of rotatable bonds is 8. The molecule has 0 bridgehead atoms. The summed E-state index contributed by atoms with van der Waals surface area (Å²) >= 11 is 2.13. The second kappa shape index (κ2) is 5.19. The van der Waals surface area contributed by atoms with E-state index in [-0.39, 0.29) is 0 Å². The van der Waals surface area contributed by atoms with Gasteiger partial charge in [0, 0.05) is 32.2 Å². The van der Waals surface area contributed by atoms with Gasteiger partial charge in [0.15, 0.2) is 0 Å². The van der Waals surface area contributed by atoms with Gasteiger partial charge in [0.05, 0.1) is 36.0 Å². The molecule has 8 heteroatoms. The molecule has 0 aromatic heterocycles.